The summed E-state index contributed by atoms with van der Waals surface area (Å²) in [6, 6.07) is 10.5. The highest BCUT2D eigenvalue weighted by Crippen LogP contribution is 2.31. The van der Waals surface area contributed by atoms with Gasteiger partial charge in [0.05, 0.1) is 17.7 Å². The van der Waals surface area contributed by atoms with Crippen molar-refractivity contribution in [2.75, 3.05) is 17.7 Å². The van der Waals surface area contributed by atoms with E-state index < -0.39 is 17.6 Å². The molecule has 5 nitrogen and oxygen atoms in total. The van der Waals surface area contributed by atoms with Gasteiger partial charge in [-0.2, -0.15) is 18.4 Å². The monoisotopic (exact) mass is 395 g/mol. The lowest BCUT2D eigenvalue weighted by atomic mass is 10.2. The second-order valence-corrected chi connectivity index (χ2v) is 5.60. The second kappa shape index (κ2) is 8.47. The van der Waals surface area contributed by atoms with Crippen molar-refractivity contribution in [2.24, 2.45) is 0 Å². The smallest absolute Gasteiger partial charge is 0.416 e. The zero-order chi connectivity index (χ0) is 20.0. The average Bonchev–Trinajstić information content (AvgIpc) is 2.62. The maximum atomic E-state index is 12.7. The summed E-state index contributed by atoms with van der Waals surface area (Å²) in [7, 11) is 1.46. The lowest BCUT2D eigenvalue weighted by Gasteiger charge is -2.10. The lowest BCUT2D eigenvalue weighted by Crippen LogP contribution is -2.15. The highest BCUT2D eigenvalue weighted by Gasteiger charge is 2.30. The first-order valence-electron chi connectivity index (χ1n) is 7.43. The van der Waals surface area contributed by atoms with Crippen LogP contribution in [0.5, 0.6) is 5.75 Å². The Morgan fingerprint density at radius 2 is 1.96 bits per heavy atom. The summed E-state index contributed by atoms with van der Waals surface area (Å²) in [5.41, 5.74) is -0.836. The molecule has 0 heterocycles. The van der Waals surface area contributed by atoms with Crippen LogP contribution in [0.2, 0.25) is 5.02 Å². The molecule has 0 atom stereocenters. The van der Waals surface area contributed by atoms with Gasteiger partial charge in [0.2, 0.25) is 0 Å². The molecule has 9 heteroatoms. The molecular formula is C18H13ClF3N3O2. The Bertz CT molecular complexity index is 921. The summed E-state index contributed by atoms with van der Waals surface area (Å²) < 4.78 is 43.2. The molecule has 2 aromatic rings. The van der Waals surface area contributed by atoms with Crippen LogP contribution < -0.4 is 15.4 Å². The van der Waals surface area contributed by atoms with Crippen LogP contribution in [0.25, 0.3) is 0 Å². The number of nitrogens with one attached hydrogen (secondary N) is 2. The van der Waals surface area contributed by atoms with Gasteiger partial charge in [-0.05, 0) is 36.4 Å². The zero-order valence-corrected chi connectivity index (χ0v) is 14.7. The molecule has 2 aromatic carbocycles. The normalized spacial score (nSPS) is 11.5. The number of carbonyl (C=O) groups excluding carboxylic acids is 1. The third kappa shape index (κ3) is 5.39. The molecule has 1 amide bonds. The number of hydrogen-bond acceptors (Lipinski definition) is 4. The lowest BCUT2D eigenvalue weighted by molar-refractivity contribution is -0.137. The molecule has 0 radical (unpaired) electrons. The molecule has 27 heavy (non-hydrogen) atoms. The van der Waals surface area contributed by atoms with Crippen LogP contribution >= 0.6 is 11.6 Å². The summed E-state index contributed by atoms with van der Waals surface area (Å²) in [6.07, 6.45) is -3.41. The fourth-order valence-electron chi connectivity index (χ4n) is 2.03. The van der Waals surface area contributed by atoms with E-state index in [4.69, 9.17) is 21.6 Å². The summed E-state index contributed by atoms with van der Waals surface area (Å²) in [5.74, 6) is -0.405. The molecule has 2 N–H and O–H groups in total. The summed E-state index contributed by atoms with van der Waals surface area (Å²) >= 11 is 5.98. The van der Waals surface area contributed by atoms with E-state index in [1.165, 1.54) is 19.2 Å². The van der Waals surface area contributed by atoms with Crippen molar-refractivity contribution in [3.05, 3.63) is 64.8 Å². The second-order valence-electron chi connectivity index (χ2n) is 5.20. The molecule has 0 unspecified atom stereocenters. The molecular weight excluding hydrogens is 383 g/mol. The van der Waals surface area contributed by atoms with Gasteiger partial charge in [0.1, 0.15) is 17.4 Å². The number of hydrogen-bond donors (Lipinski definition) is 2. The summed E-state index contributed by atoms with van der Waals surface area (Å²) in [5, 5.41) is 14.4. The van der Waals surface area contributed by atoms with E-state index in [2.05, 4.69) is 10.6 Å². The first kappa shape index (κ1) is 20.1. The van der Waals surface area contributed by atoms with Crippen molar-refractivity contribution in [2.45, 2.75) is 6.18 Å². The van der Waals surface area contributed by atoms with Gasteiger partial charge >= 0.3 is 6.18 Å². The number of nitrogens with zero attached hydrogens (tertiary/aromatic N) is 1. The summed E-state index contributed by atoms with van der Waals surface area (Å²) in [6.45, 7) is 0. The van der Waals surface area contributed by atoms with E-state index in [0.29, 0.717) is 16.5 Å². The minimum atomic E-state index is -4.54. The van der Waals surface area contributed by atoms with E-state index >= 15 is 0 Å². The minimum absolute atomic E-state index is 0.0801. The molecule has 140 valence electrons. The third-order valence-electron chi connectivity index (χ3n) is 3.35. The first-order valence-corrected chi connectivity index (χ1v) is 7.81. The number of benzene rings is 2. The molecule has 0 saturated carbocycles. The van der Waals surface area contributed by atoms with Crippen molar-refractivity contribution in [1.29, 1.82) is 5.26 Å². The average molecular weight is 396 g/mol. The molecule has 0 aromatic heterocycles. The fourth-order valence-corrected chi connectivity index (χ4v) is 2.29. The van der Waals surface area contributed by atoms with Crippen LogP contribution in [0.4, 0.5) is 24.5 Å². The van der Waals surface area contributed by atoms with Crippen LogP contribution in [0.3, 0.4) is 0 Å². The van der Waals surface area contributed by atoms with Gasteiger partial charge in [0, 0.05) is 17.6 Å². The van der Waals surface area contributed by atoms with Gasteiger partial charge in [-0.3, -0.25) is 4.79 Å². The van der Waals surface area contributed by atoms with E-state index in [0.717, 1.165) is 24.4 Å². The number of ether oxygens (including phenoxy) is 1. The Kier molecular flexibility index (Phi) is 6.32. The minimum Gasteiger partial charge on any atom is -0.495 e. The van der Waals surface area contributed by atoms with E-state index in [1.54, 1.807) is 18.2 Å². The van der Waals surface area contributed by atoms with E-state index in [9.17, 15) is 18.0 Å². The highest BCUT2D eigenvalue weighted by molar-refractivity contribution is 6.32. The first-order chi connectivity index (χ1) is 12.7. The number of rotatable bonds is 5. The number of amides is 1. The van der Waals surface area contributed by atoms with Crippen molar-refractivity contribution in [3.63, 3.8) is 0 Å². The van der Waals surface area contributed by atoms with Gasteiger partial charge < -0.3 is 15.4 Å². The van der Waals surface area contributed by atoms with E-state index in [1.807, 2.05) is 0 Å². The largest absolute Gasteiger partial charge is 0.495 e. The van der Waals surface area contributed by atoms with Crippen molar-refractivity contribution in [3.8, 4) is 11.8 Å². The van der Waals surface area contributed by atoms with Crippen molar-refractivity contribution >= 4 is 28.9 Å². The standard InChI is InChI=1S/C18H13ClF3N3O2/c1-27-16-6-5-13(8-15(16)19)24-10-11(9-23)17(26)25-14-4-2-3-12(7-14)18(20,21)22/h2-8,10,24H,1H3,(H,25,26)/b11-10-. The van der Waals surface area contributed by atoms with Gasteiger partial charge in [-0.15, -0.1) is 0 Å². The van der Waals surface area contributed by atoms with Crippen LogP contribution in [-0.2, 0) is 11.0 Å². The number of halogens is 4. The molecule has 0 bridgehead atoms. The van der Waals surface area contributed by atoms with Gasteiger partial charge in [0.15, 0.2) is 0 Å². The number of anilines is 2. The molecule has 0 fully saturated rings. The van der Waals surface area contributed by atoms with Gasteiger partial charge in [0.25, 0.3) is 5.91 Å². The van der Waals surface area contributed by atoms with Crippen LogP contribution in [0.1, 0.15) is 5.56 Å². The summed E-state index contributed by atoms with van der Waals surface area (Å²) in [4.78, 5) is 12.1. The third-order valence-corrected chi connectivity index (χ3v) is 3.64. The Labute approximate surface area is 158 Å². The molecule has 0 spiro atoms. The van der Waals surface area contributed by atoms with Crippen molar-refractivity contribution < 1.29 is 22.7 Å². The topological polar surface area (TPSA) is 74.1 Å². The van der Waals surface area contributed by atoms with E-state index in [-0.39, 0.29) is 11.3 Å². The predicted octanol–water partition coefficient (Wildman–Crippen LogP) is 4.83. The molecule has 0 aliphatic heterocycles. The van der Waals surface area contributed by atoms with Crippen LogP contribution in [-0.4, -0.2) is 13.0 Å². The van der Waals surface area contributed by atoms with Crippen LogP contribution in [0.15, 0.2) is 54.2 Å². The number of carbonyl (C=O) groups is 1. The number of methoxy groups -OCH3 is 1. The number of alkyl halides is 3. The molecule has 0 saturated heterocycles. The maximum Gasteiger partial charge on any atom is 0.416 e. The zero-order valence-electron chi connectivity index (χ0n) is 13.9. The number of nitriles is 1. The quantitative estimate of drug-likeness (QED) is 0.562. The Morgan fingerprint density at radius 1 is 1.22 bits per heavy atom. The van der Waals surface area contributed by atoms with Gasteiger partial charge in [-0.25, -0.2) is 0 Å². The SMILES string of the molecule is COc1ccc(N/C=C(/C#N)C(=O)Nc2cccc(C(F)(F)F)c2)cc1Cl. The fraction of sp³-hybridized carbons (Fsp3) is 0.111. The Morgan fingerprint density at radius 3 is 2.56 bits per heavy atom. The highest BCUT2D eigenvalue weighted by atomic mass is 35.5. The molecule has 0 aliphatic rings. The van der Waals surface area contributed by atoms with Gasteiger partial charge in [-0.1, -0.05) is 17.7 Å². The molecule has 0 aliphatic carbocycles. The van der Waals surface area contributed by atoms with Crippen LogP contribution in [0, 0.1) is 11.3 Å². The Balaban J connectivity index is 2.13. The molecule has 2 rings (SSSR count). The predicted molar refractivity (Wildman–Crippen MR) is 95.4 cm³/mol. The Hall–Kier alpha value is -3.18. The van der Waals surface area contributed by atoms with Crippen molar-refractivity contribution in [1.82, 2.24) is 0 Å². The maximum absolute atomic E-state index is 12.7.